The summed E-state index contributed by atoms with van der Waals surface area (Å²) in [6.07, 6.45) is 5.90. The Bertz CT molecular complexity index is 551. The summed E-state index contributed by atoms with van der Waals surface area (Å²) in [4.78, 5) is 21.3. The summed E-state index contributed by atoms with van der Waals surface area (Å²) in [6, 6.07) is 4.10. The van der Waals surface area contributed by atoms with Crippen LogP contribution in [0.2, 0.25) is 0 Å². The van der Waals surface area contributed by atoms with Gasteiger partial charge < -0.3 is 20.4 Å². The molecule has 0 atom stereocenters. The molecule has 3 heterocycles. The lowest BCUT2D eigenvalue weighted by Crippen LogP contribution is -2.44. The van der Waals surface area contributed by atoms with Gasteiger partial charge in [-0.2, -0.15) is 0 Å². The molecule has 3 rings (SSSR count). The monoisotopic (exact) mass is 345 g/mol. The molecule has 1 aromatic heterocycles. The number of piperidine rings is 1. The van der Waals surface area contributed by atoms with E-state index >= 15 is 0 Å². The molecule has 1 amide bonds. The highest BCUT2D eigenvalue weighted by atomic mass is 16.1. The Labute approximate surface area is 151 Å². The fourth-order valence-electron chi connectivity index (χ4n) is 3.57. The predicted octanol–water partition coefficient (Wildman–Crippen LogP) is 1.23. The van der Waals surface area contributed by atoms with Gasteiger partial charge in [0.15, 0.2) is 0 Å². The third-order valence-corrected chi connectivity index (χ3v) is 5.37. The van der Waals surface area contributed by atoms with Crippen molar-refractivity contribution >= 4 is 11.7 Å². The third kappa shape index (κ3) is 5.68. The zero-order chi connectivity index (χ0) is 17.5. The van der Waals surface area contributed by atoms with Gasteiger partial charge in [-0.25, -0.2) is 4.98 Å². The van der Waals surface area contributed by atoms with Crippen molar-refractivity contribution in [1.29, 1.82) is 0 Å². The Balaban J connectivity index is 1.43. The number of aromatic nitrogens is 1. The normalized spacial score (nSPS) is 19.8. The van der Waals surface area contributed by atoms with E-state index in [2.05, 4.69) is 38.5 Å². The minimum Gasteiger partial charge on any atom is -0.354 e. The number of nitrogens with one attached hydrogen (secondary N) is 2. The Morgan fingerprint density at radius 1 is 1.28 bits per heavy atom. The topological polar surface area (TPSA) is 60.5 Å². The molecule has 2 N–H and O–H groups in total. The van der Waals surface area contributed by atoms with Crippen LogP contribution in [-0.4, -0.2) is 62.1 Å². The highest BCUT2D eigenvalue weighted by molar-refractivity contribution is 5.75. The molecule has 0 radical (unpaired) electrons. The van der Waals surface area contributed by atoms with E-state index in [1.165, 1.54) is 12.8 Å². The van der Waals surface area contributed by atoms with Gasteiger partial charge in [0.25, 0.3) is 0 Å². The molecule has 2 saturated heterocycles. The number of pyridine rings is 1. The number of anilines is 1. The molecule has 0 spiro atoms. The maximum Gasteiger partial charge on any atom is 0.220 e. The minimum atomic E-state index is 0.163. The van der Waals surface area contributed by atoms with Crippen molar-refractivity contribution in [1.82, 2.24) is 20.5 Å². The van der Waals surface area contributed by atoms with Gasteiger partial charge in [-0.3, -0.25) is 4.79 Å². The van der Waals surface area contributed by atoms with E-state index in [-0.39, 0.29) is 5.91 Å². The average molecular weight is 345 g/mol. The van der Waals surface area contributed by atoms with Gasteiger partial charge in [0, 0.05) is 45.3 Å². The zero-order valence-corrected chi connectivity index (χ0v) is 15.3. The van der Waals surface area contributed by atoms with Gasteiger partial charge in [0.1, 0.15) is 5.82 Å². The van der Waals surface area contributed by atoms with E-state index in [1.807, 2.05) is 12.3 Å². The molecular weight excluding hydrogens is 314 g/mol. The van der Waals surface area contributed by atoms with Crippen LogP contribution >= 0.6 is 0 Å². The Kier molecular flexibility index (Phi) is 6.64. The number of likely N-dealkylation sites (N-methyl/N-ethyl adjacent to an activating group) is 1. The van der Waals surface area contributed by atoms with Gasteiger partial charge in [0.2, 0.25) is 5.91 Å². The molecule has 25 heavy (non-hydrogen) atoms. The molecule has 138 valence electrons. The van der Waals surface area contributed by atoms with Gasteiger partial charge in [-0.1, -0.05) is 0 Å². The molecule has 2 fully saturated rings. The zero-order valence-electron chi connectivity index (χ0n) is 15.3. The van der Waals surface area contributed by atoms with Crippen LogP contribution in [0.15, 0.2) is 18.3 Å². The van der Waals surface area contributed by atoms with Gasteiger partial charge in [-0.05, 0) is 63.0 Å². The SMILES string of the molecule is CN1CCN(c2cc(CNC(=O)CCC3CCNCC3)ccn2)CC1. The van der Waals surface area contributed by atoms with Crippen LogP contribution < -0.4 is 15.5 Å². The van der Waals surface area contributed by atoms with Crippen molar-refractivity contribution in [2.75, 3.05) is 51.2 Å². The molecule has 2 aliphatic heterocycles. The summed E-state index contributed by atoms with van der Waals surface area (Å²) in [5.74, 6) is 1.89. The van der Waals surface area contributed by atoms with E-state index in [4.69, 9.17) is 0 Å². The summed E-state index contributed by atoms with van der Waals surface area (Å²) < 4.78 is 0. The summed E-state index contributed by atoms with van der Waals surface area (Å²) in [5, 5.41) is 6.44. The Morgan fingerprint density at radius 3 is 2.80 bits per heavy atom. The molecule has 0 aliphatic carbocycles. The minimum absolute atomic E-state index is 0.163. The standard InChI is InChI=1S/C19H31N5O/c1-23-10-12-24(13-11-23)18-14-17(6-9-21-18)15-22-19(25)3-2-16-4-7-20-8-5-16/h6,9,14,16,20H,2-5,7-8,10-13,15H2,1H3,(H,22,25). The van der Waals surface area contributed by atoms with E-state index in [0.29, 0.717) is 18.9 Å². The van der Waals surface area contributed by atoms with Gasteiger partial charge in [-0.15, -0.1) is 0 Å². The van der Waals surface area contributed by atoms with E-state index in [1.54, 1.807) is 0 Å². The third-order valence-electron chi connectivity index (χ3n) is 5.37. The predicted molar refractivity (Wildman–Crippen MR) is 101 cm³/mol. The number of hydrogen-bond donors (Lipinski definition) is 2. The maximum absolute atomic E-state index is 12.1. The molecule has 0 bridgehead atoms. The number of piperazine rings is 1. The van der Waals surface area contributed by atoms with E-state index in [9.17, 15) is 4.79 Å². The Hall–Kier alpha value is -1.66. The van der Waals surface area contributed by atoms with Crippen LogP contribution in [0.4, 0.5) is 5.82 Å². The molecule has 1 aromatic rings. The molecule has 0 saturated carbocycles. The molecule has 0 unspecified atom stereocenters. The molecule has 2 aliphatic rings. The second-order valence-electron chi connectivity index (χ2n) is 7.32. The van der Waals surface area contributed by atoms with Crippen molar-refractivity contribution in [3.05, 3.63) is 23.9 Å². The van der Waals surface area contributed by atoms with Crippen LogP contribution in [-0.2, 0) is 11.3 Å². The van der Waals surface area contributed by atoms with Crippen molar-refractivity contribution < 1.29 is 4.79 Å². The molecule has 0 aromatic carbocycles. The van der Waals surface area contributed by atoms with Crippen LogP contribution in [0, 0.1) is 5.92 Å². The Morgan fingerprint density at radius 2 is 2.04 bits per heavy atom. The first-order chi connectivity index (χ1) is 12.2. The van der Waals surface area contributed by atoms with Crippen LogP contribution in [0.1, 0.15) is 31.2 Å². The van der Waals surface area contributed by atoms with E-state index in [0.717, 1.165) is 57.1 Å². The first-order valence-corrected chi connectivity index (χ1v) is 9.56. The number of carbonyl (C=O) groups is 1. The van der Waals surface area contributed by atoms with E-state index < -0.39 is 0 Å². The molecular formula is C19H31N5O. The highest BCUT2D eigenvalue weighted by Gasteiger charge is 2.16. The van der Waals surface area contributed by atoms with Crippen molar-refractivity contribution in [3.63, 3.8) is 0 Å². The quantitative estimate of drug-likeness (QED) is 0.812. The van der Waals surface area contributed by atoms with Crippen molar-refractivity contribution in [3.8, 4) is 0 Å². The lowest BCUT2D eigenvalue weighted by molar-refractivity contribution is -0.121. The average Bonchev–Trinajstić information content (AvgIpc) is 2.66. The number of carbonyl (C=O) groups excluding carboxylic acids is 1. The lowest BCUT2D eigenvalue weighted by atomic mass is 9.93. The fourth-order valence-corrected chi connectivity index (χ4v) is 3.57. The number of nitrogens with zero attached hydrogens (tertiary/aromatic N) is 3. The van der Waals surface area contributed by atoms with Crippen molar-refractivity contribution in [2.45, 2.75) is 32.2 Å². The molecule has 6 nitrogen and oxygen atoms in total. The smallest absolute Gasteiger partial charge is 0.220 e. The first kappa shape index (κ1) is 18.1. The second-order valence-corrected chi connectivity index (χ2v) is 7.32. The number of amides is 1. The van der Waals surface area contributed by atoms with Gasteiger partial charge in [0.05, 0.1) is 0 Å². The number of hydrogen-bond acceptors (Lipinski definition) is 5. The first-order valence-electron chi connectivity index (χ1n) is 9.56. The maximum atomic E-state index is 12.1. The van der Waals surface area contributed by atoms with Crippen LogP contribution in [0.25, 0.3) is 0 Å². The largest absolute Gasteiger partial charge is 0.354 e. The van der Waals surface area contributed by atoms with Crippen molar-refractivity contribution in [2.24, 2.45) is 5.92 Å². The van der Waals surface area contributed by atoms with Crippen LogP contribution in [0.3, 0.4) is 0 Å². The fraction of sp³-hybridized carbons (Fsp3) is 0.684. The number of rotatable bonds is 6. The summed E-state index contributed by atoms with van der Waals surface area (Å²) in [7, 11) is 2.15. The lowest BCUT2D eigenvalue weighted by Gasteiger charge is -2.33. The van der Waals surface area contributed by atoms with Crippen LogP contribution in [0.5, 0.6) is 0 Å². The summed E-state index contributed by atoms with van der Waals surface area (Å²) in [5.41, 5.74) is 1.12. The second kappa shape index (κ2) is 9.15. The highest BCUT2D eigenvalue weighted by Crippen LogP contribution is 2.18. The summed E-state index contributed by atoms with van der Waals surface area (Å²) >= 11 is 0. The molecule has 6 heteroatoms. The van der Waals surface area contributed by atoms with Gasteiger partial charge >= 0.3 is 0 Å². The summed E-state index contributed by atoms with van der Waals surface area (Å²) in [6.45, 7) is 6.94.